The Bertz CT molecular complexity index is 386. The smallest absolute Gasteiger partial charge is 0.0768 e. The maximum Gasteiger partial charge on any atom is 0.0768 e. The Morgan fingerprint density at radius 2 is 2.14 bits per heavy atom. The van der Waals surface area contributed by atoms with Crippen LogP contribution in [-0.4, -0.2) is 6.54 Å². The van der Waals surface area contributed by atoms with Crippen LogP contribution in [0.2, 0.25) is 5.02 Å². The molecule has 1 aromatic rings. The minimum Gasteiger partial charge on any atom is -0.198 e. The number of hydrogen-bond acceptors (Lipinski definition) is 2. The van der Waals surface area contributed by atoms with Crippen LogP contribution in [0.4, 0.5) is 0 Å². The Morgan fingerprint density at radius 1 is 1.50 bits per heavy atom. The molecule has 0 saturated carbocycles. The van der Waals surface area contributed by atoms with Crippen molar-refractivity contribution < 1.29 is 0 Å². The second-order valence-corrected chi connectivity index (χ2v) is 3.08. The number of nitrogens with zero attached hydrogens (tertiary/aromatic N) is 4. The first-order valence-corrected chi connectivity index (χ1v) is 4.31. The van der Waals surface area contributed by atoms with Crippen molar-refractivity contribution in [3.63, 3.8) is 0 Å². The lowest BCUT2D eigenvalue weighted by Gasteiger charge is -2.04. The Balaban J connectivity index is 2.85. The van der Waals surface area contributed by atoms with Crippen molar-refractivity contribution >= 4 is 11.6 Å². The topological polar surface area (TPSA) is 72.5 Å². The number of azide groups is 1. The minimum absolute atomic E-state index is 0.147. The first-order chi connectivity index (χ1) is 6.77. The molecule has 0 aliphatic carbocycles. The minimum atomic E-state index is -0.400. The summed E-state index contributed by atoms with van der Waals surface area (Å²) in [6.07, 6.45) is 0. The molecule has 14 heavy (non-hydrogen) atoms. The zero-order valence-electron chi connectivity index (χ0n) is 7.26. The zero-order valence-corrected chi connectivity index (χ0v) is 8.02. The molecule has 70 valence electrons. The molecule has 0 unspecified atom stereocenters. The summed E-state index contributed by atoms with van der Waals surface area (Å²) in [6.45, 7) is 0.147. The number of rotatable bonds is 3. The maximum absolute atomic E-state index is 8.81. The van der Waals surface area contributed by atoms with Gasteiger partial charge in [-0.15, -0.1) is 0 Å². The van der Waals surface area contributed by atoms with E-state index in [0.717, 1.165) is 5.56 Å². The quantitative estimate of drug-likeness (QED) is 0.425. The highest BCUT2D eigenvalue weighted by atomic mass is 35.5. The molecule has 0 radical (unpaired) electrons. The summed E-state index contributed by atoms with van der Waals surface area (Å²) < 4.78 is 0. The van der Waals surface area contributed by atoms with E-state index in [2.05, 4.69) is 16.1 Å². The molecule has 1 rings (SSSR count). The molecule has 5 heteroatoms. The van der Waals surface area contributed by atoms with Crippen molar-refractivity contribution in [1.82, 2.24) is 0 Å². The van der Waals surface area contributed by atoms with Gasteiger partial charge in [0, 0.05) is 16.5 Å². The van der Waals surface area contributed by atoms with Gasteiger partial charge in [-0.05, 0) is 23.2 Å². The van der Waals surface area contributed by atoms with E-state index in [1.54, 1.807) is 24.3 Å². The predicted molar refractivity (Wildman–Crippen MR) is 53.8 cm³/mol. The second-order valence-electron chi connectivity index (χ2n) is 2.65. The van der Waals surface area contributed by atoms with E-state index >= 15 is 0 Å². The van der Waals surface area contributed by atoms with Crippen molar-refractivity contribution in [3.05, 3.63) is 45.3 Å². The van der Waals surface area contributed by atoms with E-state index in [-0.39, 0.29) is 6.54 Å². The Hall–Kier alpha value is -1.69. The van der Waals surface area contributed by atoms with Gasteiger partial charge in [0.25, 0.3) is 0 Å². The van der Waals surface area contributed by atoms with Crippen LogP contribution in [0.5, 0.6) is 0 Å². The van der Waals surface area contributed by atoms with Crippen LogP contribution in [0, 0.1) is 11.3 Å². The summed E-state index contributed by atoms with van der Waals surface area (Å²) in [4.78, 5) is 2.61. The highest BCUT2D eigenvalue weighted by Crippen LogP contribution is 2.18. The van der Waals surface area contributed by atoms with Crippen molar-refractivity contribution in [1.29, 1.82) is 5.26 Å². The van der Waals surface area contributed by atoms with Crippen LogP contribution in [0.3, 0.4) is 0 Å². The van der Waals surface area contributed by atoms with Crippen molar-refractivity contribution in [3.8, 4) is 6.07 Å². The van der Waals surface area contributed by atoms with Gasteiger partial charge in [0.1, 0.15) is 0 Å². The van der Waals surface area contributed by atoms with Crippen LogP contribution >= 0.6 is 11.6 Å². The van der Waals surface area contributed by atoms with Gasteiger partial charge in [0.2, 0.25) is 0 Å². The summed E-state index contributed by atoms with van der Waals surface area (Å²) in [7, 11) is 0. The third-order valence-corrected chi connectivity index (χ3v) is 2.01. The standard InChI is InChI=1S/C9H7ClN4/c10-9-3-1-7(2-4-9)8(5-11)6-13-14-12/h1-4,8H,6H2/t8-/m1/s1. The van der Waals surface area contributed by atoms with Crippen LogP contribution < -0.4 is 0 Å². The maximum atomic E-state index is 8.81. The fourth-order valence-corrected chi connectivity index (χ4v) is 1.16. The molecular formula is C9H7ClN4. The van der Waals surface area contributed by atoms with Gasteiger partial charge in [0.15, 0.2) is 0 Å². The molecule has 0 aromatic heterocycles. The lowest BCUT2D eigenvalue weighted by atomic mass is 10.0. The van der Waals surface area contributed by atoms with Gasteiger partial charge in [-0.25, -0.2) is 0 Å². The molecule has 0 bridgehead atoms. The lowest BCUT2D eigenvalue weighted by Crippen LogP contribution is -1.98. The SMILES string of the molecule is N#C[C@H](CN=[N+]=[N-])c1ccc(Cl)cc1. The van der Waals surface area contributed by atoms with E-state index in [4.69, 9.17) is 22.4 Å². The Morgan fingerprint density at radius 3 is 2.64 bits per heavy atom. The first kappa shape index (κ1) is 10.4. The van der Waals surface area contributed by atoms with E-state index in [1.165, 1.54) is 0 Å². The molecule has 0 fully saturated rings. The first-order valence-electron chi connectivity index (χ1n) is 3.94. The van der Waals surface area contributed by atoms with Crippen LogP contribution in [0.25, 0.3) is 10.4 Å². The fraction of sp³-hybridized carbons (Fsp3) is 0.222. The van der Waals surface area contributed by atoms with Crippen molar-refractivity contribution in [2.45, 2.75) is 5.92 Å². The molecule has 1 aromatic carbocycles. The molecule has 0 spiro atoms. The van der Waals surface area contributed by atoms with Gasteiger partial charge in [-0.2, -0.15) is 5.26 Å². The van der Waals surface area contributed by atoms with Crippen LogP contribution in [0.15, 0.2) is 29.4 Å². The summed E-state index contributed by atoms with van der Waals surface area (Å²) in [5.41, 5.74) is 8.94. The predicted octanol–water partition coefficient (Wildman–Crippen LogP) is 3.26. The lowest BCUT2D eigenvalue weighted by molar-refractivity contribution is 0.855. The highest BCUT2D eigenvalue weighted by Gasteiger charge is 2.08. The molecule has 0 amide bonds. The van der Waals surface area contributed by atoms with E-state index in [0.29, 0.717) is 5.02 Å². The van der Waals surface area contributed by atoms with Crippen molar-refractivity contribution in [2.75, 3.05) is 6.54 Å². The molecular weight excluding hydrogens is 200 g/mol. The average molecular weight is 207 g/mol. The summed E-state index contributed by atoms with van der Waals surface area (Å²) in [5.74, 6) is -0.400. The molecule has 0 saturated heterocycles. The van der Waals surface area contributed by atoms with Crippen LogP contribution in [0.1, 0.15) is 11.5 Å². The highest BCUT2D eigenvalue weighted by molar-refractivity contribution is 6.30. The molecule has 0 aliphatic heterocycles. The third kappa shape index (κ3) is 2.67. The van der Waals surface area contributed by atoms with Gasteiger partial charge >= 0.3 is 0 Å². The molecule has 0 heterocycles. The van der Waals surface area contributed by atoms with E-state index in [1.807, 2.05) is 0 Å². The Labute approximate surface area is 86.4 Å². The van der Waals surface area contributed by atoms with Gasteiger partial charge in [-0.3, -0.25) is 0 Å². The number of benzene rings is 1. The zero-order chi connectivity index (χ0) is 10.4. The largest absolute Gasteiger partial charge is 0.198 e. The molecule has 4 nitrogen and oxygen atoms in total. The molecule has 0 aliphatic rings. The molecule has 1 atom stereocenters. The van der Waals surface area contributed by atoms with E-state index in [9.17, 15) is 0 Å². The monoisotopic (exact) mass is 206 g/mol. The third-order valence-electron chi connectivity index (χ3n) is 1.76. The number of halogens is 1. The number of nitriles is 1. The van der Waals surface area contributed by atoms with Crippen molar-refractivity contribution in [2.24, 2.45) is 5.11 Å². The van der Waals surface area contributed by atoms with E-state index < -0.39 is 5.92 Å². The normalized spacial score (nSPS) is 11.1. The summed E-state index contributed by atoms with van der Waals surface area (Å²) in [6, 6.07) is 8.98. The van der Waals surface area contributed by atoms with Gasteiger partial charge in [0.05, 0.1) is 12.0 Å². The summed E-state index contributed by atoms with van der Waals surface area (Å²) in [5, 5.41) is 12.8. The fourth-order valence-electron chi connectivity index (χ4n) is 1.03. The van der Waals surface area contributed by atoms with Crippen LogP contribution in [-0.2, 0) is 0 Å². The number of hydrogen-bond donors (Lipinski definition) is 0. The summed E-state index contributed by atoms with van der Waals surface area (Å²) >= 11 is 5.70. The second kappa shape index (κ2) is 5.13. The van der Waals surface area contributed by atoms with Gasteiger partial charge < -0.3 is 0 Å². The van der Waals surface area contributed by atoms with Gasteiger partial charge in [-0.1, -0.05) is 28.8 Å². The molecule has 0 N–H and O–H groups in total. The Kier molecular flexibility index (Phi) is 3.81. The average Bonchev–Trinajstić information content (AvgIpc) is 2.21.